The van der Waals surface area contributed by atoms with Gasteiger partial charge in [-0.15, -0.1) is 0 Å². The molecule has 8 fully saturated rings. The molecule has 8 aliphatic carbocycles. The number of rotatable bonds is 0. The second-order valence-electron chi connectivity index (χ2n) is 19.1. The summed E-state index contributed by atoms with van der Waals surface area (Å²) in [6.07, 6.45) is -10.9. The number of halogens is 20. The van der Waals surface area contributed by atoms with Crippen molar-refractivity contribution in [3.8, 4) is 0 Å². The number of alkyl halides is 20. The van der Waals surface area contributed by atoms with E-state index in [2.05, 4.69) is 0 Å². The van der Waals surface area contributed by atoms with Gasteiger partial charge in [0.05, 0.1) is 0 Å². The van der Waals surface area contributed by atoms with Crippen LogP contribution in [0.5, 0.6) is 0 Å². The van der Waals surface area contributed by atoms with Crippen LogP contribution in [0.15, 0.2) is 0 Å². The molecule has 0 aromatic heterocycles. The molecule has 0 saturated heterocycles. The predicted molar refractivity (Wildman–Crippen MR) is 330 cm³/mol. The maximum Gasteiger partial charge on any atom is 2.00 e. The Morgan fingerprint density at radius 3 is 0.467 bits per heavy atom. The maximum absolute atomic E-state index is 12.3. The maximum atomic E-state index is 12.3. The van der Waals surface area contributed by atoms with Crippen LogP contribution in [-0.2, 0) is 156 Å². The third-order valence-corrected chi connectivity index (χ3v) is 12.9. The quantitative estimate of drug-likeness (QED) is 0.129. The van der Waals surface area contributed by atoms with Gasteiger partial charge in [-0.2, -0.15) is 8.78 Å². The van der Waals surface area contributed by atoms with Crippen LogP contribution in [0, 0.1) is 119 Å². The van der Waals surface area contributed by atoms with Gasteiger partial charge in [0.25, 0.3) is 0 Å². The molecule has 0 aromatic carbocycles. The minimum Gasteiger partial charge on any atom is -0.358 e. The van der Waals surface area contributed by atoms with Crippen molar-refractivity contribution in [3.63, 3.8) is 0 Å². The van der Waals surface area contributed by atoms with Crippen LogP contribution in [0.1, 0.15) is 186 Å². The van der Waals surface area contributed by atoms with E-state index in [-0.39, 0.29) is 287 Å². The van der Waals surface area contributed by atoms with Crippen molar-refractivity contribution in [2.45, 2.75) is 303 Å². The summed E-state index contributed by atoms with van der Waals surface area (Å²) in [7, 11) is 0. The average molecular weight is 2080 g/mol. The molecule has 0 aliphatic heterocycles. The minimum atomic E-state index is -4.80. The molecule has 8 saturated carbocycles. The Kier molecular flexibility index (Phi) is 175. The standard InChI is InChI=1S/C6H5F7.C6H8F4.3C6H10F2.3C6H11F.16CH3.8Ru/c7-1-2(8)4(10)6(12,13)5(11)3(1)9;7-3-1-4(8)6(10)2-5(3)9;2*7-5-2-1-3-6(8)4-5;7-5-3-1-2-4-6(5)8;3*7-6-4-2-1-3-5-6;;;;;;;;;;;;;;;;;;;;;;;;/h1-5H;3-6H,1-2H2;3*5-6H,1-4H2;3*6H,1-5H2;16*1H3;;;;;;;;/q;;;;;;;;16*-1;8*+2. The summed E-state index contributed by atoms with van der Waals surface area (Å²) >= 11 is 0. The van der Waals surface area contributed by atoms with Crippen LogP contribution in [0.4, 0.5) is 87.8 Å². The third kappa shape index (κ3) is 76.2. The molecule has 0 bridgehead atoms. The van der Waals surface area contributed by atoms with Crippen molar-refractivity contribution in [3.05, 3.63) is 119 Å². The second kappa shape index (κ2) is 96.6. The van der Waals surface area contributed by atoms with E-state index in [1.54, 1.807) is 0 Å². The summed E-state index contributed by atoms with van der Waals surface area (Å²) in [6, 6.07) is 0. The molecule has 0 radical (unpaired) electrons. The van der Waals surface area contributed by atoms with Crippen molar-refractivity contribution in [1.82, 2.24) is 0 Å². The third-order valence-electron chi connectivity index (χ3n) is 12.9. The van der Waals surface area contributed by atoms with Gasteiger partial charge in [-0.1, -0.05) is 70.6 Å². The molecule has 0 nitrogen and oxygen atoms in total. The summed E-state index contributed by atoms with van der Waals surface area (Å²) in [6.45, 7) is 0. The van der Waals surface area contributed by atoms with Crippen LogP contribution in [0.3, 0.4) is 0 Å². The van der Waals surface area contributed by atoms with Crippen molar-refractivity contribution < 1.29 is 244 Å². The van der Waals surface area contributed by atoms with Crippen LogP contribution in [-0.4, -0.2) is 117 Å². The predicted octanol–water partition coefficient (Wildman–Crippen LogP) is 25.2. The summed E-state index contributed by atoms with van der Waals surface area (Å²) in [4.78, 5) is 0. The zero-order valence-electron chi connectivity index (χ0n) is 57.8. The summed E-state index contributed by atoms with van der Waals surface area (Å²) < 4.78 is 244. The fourth-order valence-corrected chi connectivity index (χ4v) is 8.44. The molecule has 8 rings (SSSR count). The zero-order valence-corrected chi connectivity index (χ0v) is 71.7. The SMILES string of the molecule is FC1C(F)C(F)C(F)(F)C(F)C1F.FC1CC(F)C(F)CC1F.FC1CCCC(F)C1.FC1CCCC(F)C1.FC1CCCCC1.FC1CCCCC1.FC1CCCCC1.FC1CCCCC1F.[CH3-].[CH3-].[CH3-].[CH3-].[CH3-].[CH3-].[CH3-].[CH3-].[CH3-].[CH3-].[CH3-].[CH3-].[CH3-].[CH3-].[CH3-].[CH3-].[Ru+2].[Ru+2].[Ru+2].[Ru+2].[Ru+2].[Ru+2].[Ru+2].[Ru+2]. The molecule has 14 atom stereocenters. The van der Waals surface area contributed by atoms with Crippen LogP contribution in [0.25, 0.3) is 0 Å². The van der Waals surface area contributed by atoms with Crippen molar-refractivity contribution >= 4 is 0 Å². The van der Waals surface area contributed by atoms with Gasteiger partial charge < -0.3 is 119 Å². The fraction of sp³-hybridized carbons (Fsp3) is 0.750. The molecule has 8 aliphatic rings. The monoisotopic (exact) mass is 2090 g/mol. The molecule has 0 heterocycles. The van der Waals surface area contributed by atoms with Crippen LogP contribution < -0.4 is 0 Å². The molecular weight excluding hydrogens is 1960 g/mol. The molecular formula is C64H124F20Ru8. The zero-order chi connectivity index (χ0) is 51.4. The summed E-state index contributed by atoms with van der Waals surface area (Å²) in [5, 5.41) is 0. The fourth-order valence-electron chi connectivity index (χ4n) is 8.44. The smallest absolute Gasteiger partial charge is 0.358 e. The van der Waals surface area contributed by atoms with E-state index >= 15 is 0 Å². The molecule has 584 valence electrons. The van der Waals surface area contributed by atoms with Gasteiger partial charge in [0.15, 0.2) is 18.5 Å². The van der Waals surface area contributed by atoms with Crippen molar-refractivity contribution in [2.75, 3.05) is 0 Å². The first kappa shape index (κ1) is 167. The summed E-state index contributed by atoms with van der Waals surface area (Å²) in [5.74, 6) is -4.80. The Hall–Kier alpha value is 3.59. The Morgan fingerprint density at radius 1 is 0.174 bits per heavy atom. The summed E-state index contributed by atoms with van der Waals surface area (Å²) in [5.41, 5.74) is 0. The van der Waals surface area contributed by atoms with E-state index in [1.807, 2.05) is 0 Å². The molecule has 28 heteroatoms. The normalized spacial score (nSPS) is 28.6. The second-order valence-corrected chi connectivity index (χ2v) is 19.1. The van der Waals surface area contributed by atoms with Gasteiger partial charge in [0.1, 0.15) is 80.2 Å². The van der Waals surface area contributed by atoms with Gasteiger partial charge in [-0.05, 0) is 89.9 Å². The van der Waals surface area contributed by atoms with E-state index in [4.69, 9.17) is 0 Å². The van der Waals surface area contributed by atoms with E-state index < -0.39 is 130 Å². The molecule has 92 heavy (non-hydrogen) atoms. The van der Waals surface area contributed by atoms with Gasteiger partial charge >= 0.3 is 162 Å². The Morgan fingerprint density at radius 2 is 0.337 bits per heavy atom. The van der Waals surface area contributed by atoms with Gasteiger partial charge in [0, 0.05) is 25.7 Å². The van der Waals surface area contributed by atoms with E-state index in [0.717, 1.165) is 103 Å². The Balaban J connectivity index is -0.0000000253. The van der Waals surface area contributed by atoms with E-state index in [1.165, 1.54) is 19.3 Å². The van der Waals surface area contributed by atoms with E-state index in [9.17, 15) is 87.8 Å². The minimum absolute atomic E-state index is 0. The van der Waals surface area contributed by atoms with Crippen LogP contribution >= 0.6 is 0 Å². The first-order chi connectivity index (χ1) is 32.0. The number of hydrogen-bond acceptors (Lipinski definition) is 0. The van der Waals surface area contributed by atoms with Crippen LogP contribution in [0.2, 0.25) is 0 Å². The van der Waals surface area contributed by atoms with Gasteiger partial charge in [0.2, 0.25) is 12.3 Å². The Labute approximate surface area is 659 Å². The molecule has 0 amide bonds. The molecule has 0 spiro atoms. The van der Waals surface area contributed by atoms with Gasteiger partial charge in [-0.3, -0.25) is 0 Å². The average Bonchev–Trinajstić information content (AvgIpc) is 3.30. The van der Waals surface area contributed by atoms with Crippen molar-refractivity contribution in [2.24, 2.45) is 0 Å². The molecule has 14 unspecified atom stereocenters. The Bertz CT molecular complexity index is 1110. The largest absolute Gasteiger partial charge is 2.00 e. The topological polar surface area (TPSA) is 0 Å². The van der Waals surface area contributed by atoms with E-state index in [0.29, 0.717) is 38.5 Å². The molecule has 0 aromatic rings. The van der Waals surface area contributed by atoms with Gasteiger partial charge in [-0.25, -0.2) is 79.0 Å². The first-order valence-electron chi connectivity index (χ1n) is 24.9. The van der Waals surface area contributed by atoms with Crippen molar-refractivity contribution in [1.29, 1.82) is 0 Å². The number of hydrogen-bond donors (Lipinski definition) is 0. The molecule has 0 N–H and O–H groups in total. The first-order valence-corrected chi connectivity index (χ1v) is 24.9.